The van der Waals surface area contributed by atoms with Gasteiger partial charge in [0.2, 0.25) is 0 Å². The van der Waals surface area contributed by atoms with Crippen LogP contribution in [0.15, 0.2) is 34.6 Å². The minimum absolute atomic E-state index is 0.0508. The third-order valence-electron chi connectivity index (χ3n) is 4.74. The first kappa shape index (κ1) is 22.8. The largest absolute Gasteiger partial charge is 0.452 e. The topological polar surface area (TPSA) is 109 Å². The lowest BCUT2D eigenvalue weighted by atomic mass is 10.1. The molecular formula is C19H28N4O5S. The molecule has 9 nitrogen and oxygen atoms in total. The first-order valence-electron chi connectivity index (χ1n) is 9.51. The van der Waals surface area contributed by atoms with Crippen molar-refractivity contribution in [1.29, 1.82) is 0 Å². The molecule has 0 N–H and O–H groups in total. The lowest BCUT2D eigenvalue weighted by Gasteiger charge is -2.33. The molecule has 10 heteroatoms. The monoisotopic (exact) mass is 424 g/mol. The van der Waals surface area contributed by atoms with Gasteiger partial charge in [0.05, 0.1) is 17.1 Å². The second-order valence-corrected chi connectivity index (χ2v) is 9.47. The van der Waals surface area contributed by atoms with Crippen LogP contribution in [0.4, 0.5) is 5.69 Å². The number of ether oxygens (including phenoxy) is 1. The van der Waals surface area contributed by atoms with Crippen LogP contribution < -0.4 is 0 Å². The molecule has 0 saturated carbocycles. The van der Waals surface area contributed by atoms with Crippen LogP contribution in [0.3, 0.4) is 0 Å². The van der Waals surface area contributed by atoms with E-state index in [0.29, 0.717) is 18.5 Å². The van der Waals surface area contributed by atoms with Gasteiger partial charge in [-0.05, 0) is 31.9 Å². The zero-order valence-electron chi connectivity index (χ0n) is 17.2. The molecule has 1 aromatic carbocycles. The molecule has 1 fully saturated rings. The first-order valence-corrected chi connectivity index (χ1v) is 11.3. The van der Waals surface area contributed by atoms with E-state index in [2.05, 4.69) is 10.3 Å². The number of rotatable bonds is 8. The number of hydrogen-bond donors (Lipinski definition) is 0. The van der Waals surface area contributed by atoms with Crippen molar-refractivity contribution in [2.45, 2.75) is 38.8 Å². The normalized spacial score (nSPS) is 19.1. The Morgan fingerprint density at radius 1 is 1.28 bits per heavy atom. The Morgan fingerprint density at radius 3 is 2.55 bits per heavy atom. The van der Waals surface area contributed by atoms with Crippen molar-refractivity contribution in [2.24, 2.45) is 10.3 Å². The maximum absolute atomic E-state index is 12.8. The van der Waals surface area contributed by atoms with E-state index in [1.807, 2.05) is 13.8 Å². The van der Waals surface area contributed by atoms with E-state index in [-0.39, 0.29) is 29.2 Å². The van der Waals surface area contributed by atoms with Gasteiger partial charge in [-0.3, -0.25) is 9.80 Å². The Hall–Kier alpha value is -2.49. The number of hydrogen-bond acceptors (Lipinski definition) is 7. The van der Waals surface area contributed by atoms with E-state index in [4.69, 9.17) is 4.74 Å². The summed E-state index contributed by atoms with van der Waals surface area (Å²) in [5, 5.41) is 9.37. The molecule has 1 saturated heterocycles. The van der Waals surface area contributed by atoms with Crippen LogP contribution in [0, 0.1) is 0 Å². The maximum Gasteiger partial charge on any atom is 0.340 e. The molecule has 160 valence electrons. The molecule has 1 amide bonds. The second kappa shape index (κ2) is 9.82. The lowest BCUT2D eigenvalue weighted by molar-refractivity contribution is -0.138. The van der Waals surface area contributed by atoms with E-state index in [0.717, 1.165) is 0 Å². The van der Waals surface area contributed by atoms with Crippen molar-refractivity contribution in [2.75, 3.05) is 32.2 Å². The molecule has 0 aliphatic carbocycles. The number of benzene rings is 1. The summed E-state index contributed by atoms with van der Waals surface area (Å²) in [6.07, 6.45) is 1.07. The minimum atomic E-state index is -3.14. The molecule has 2 rings (SSSR count). The average Bonchev–Trinajstić information content (AvgIpc) is 3.03. The van der Waals surface area contributed by atoms with Crippen LogP contribution in [0.25, 0.3) is 0 Å². The van der Waals surface area contributed by atoms with E-state index < -0.39 is 28.3 Å². The average molecular weight is 425 g/mol. The molecule has 0 radical (unpaired) electrons. The van der Waals surface area contributed by atoms with Crippen molar-refractivity contribution in [1.82, 2.24) is 9.91 Å². The molecule has 1 aromatic rings. The van der Waals surface area contributed by atoms with Crippen LogP contribution in [0.1, 0.15) is 37.0 Å². The Labute approximate surface area is 171 Å². The van der Waals surface area contributed by atoms with Crippen molar-refractivity contribution < 1.29 is 22.7 Å². The fourth-order valence-electron chi connectivity index (χ4n) is 3.15. The molecule has 0 bridgehead atoms. The predicted octanol–water partition coefficient (Wildman–Crippen LogP) is 2.22. The Morgan fingerprint density at radius 2 is 1.97 bits per heavy atom. The van der Waals surface area contributed by atoms with Crippen LogP contribution in [0.5, 0.6) is 0 Å². The van der Waals surface area contributed by atoms with E-state index in [1.165, 1.54) is 5.01 Å². The number of esters is 1. The first-order chi connectivity index (χ1) is 13.6. The predicted molar refractivity (Wildman–Crippen MR) is 109 cm³/mol. The smallest absolute Gasteiger partial charge is 0.340 e. The van der Waals surface area contributed by atoms with Gasteiger partial charge in [0.15, 0.2) is 16.4 Å². The number of carbonyl (C=O) groups is 2. The van der Waals surface area contributed by atoms with Crippen LogP contribution in [0.2, 0.25) is 0 Å². The third-order valence-corrected chi connectivity index (χ3v) is 6.49. The van der Waals surface area contributed by atoms with Crippen LogP contribution >= 0.6 is 0 Å². The number of nitrogens with zero attached hydrogens (tertiary/aromatic N) is 4. The van der Waals surface area contributed by atoms with Crippen molar-refractivity contribution >= 4 is 27.4 Å². The highest BCUT2D eigenvalue weighted by Gasteiger charge is 2.36. The highest BCUT2D eigenvalue weighted by Crippen LogP contribution is 2.23. The standard InChI is InChI=1S/C19H28N4O5S/c1-5-14(2)23(15-10-11-29(26,27)13-15)18(24)12-28-19(25)16-8-6-7-9-17(16)20-21-22(3)4/h6-9,14-15H,5,10-13H2,1-4H3/t14-,15-/m1/s1. The van der Waals surface area contributed by atoms with Gasteiger partial charge in [-0.1, -0.05) is 24.3 Å². The second-order valence-electron chi connectivity index (χ2n) is 7.25. The van der Waals surface area contributed by atoms with Crippen molar-refractivity contribution in [3.8, 4) is 0 Å². The Bertz CT molecular complexity index is 869. The van der Waals surface area contributed by atoms with Gasteiger partial charge in [0.1, 0.15) is 5.69 Å². The summed E-state index contributed by atoms with van der Waals surface area (Å²) in [6, 6.07) is 6.02. The molecule has 1 aliphatic heterocycles. The molecule has 1 heterocycles. The van der Waals surface area contributed by atoms with Gasteiger partial charge in [-0.25, -0.2) is 13.2 Å². The van der Waals surface area contributed by atoms with Gasteiger partial charge >= 0.3 is 5.97 Å². The van der Waals surface area contributed by atoms with Gasteiger partial charge in [-0.15, -0.1) is 5.11 Å². The van der Waals surface area contributed by atoms with E-state index in [9.17, 15) is 18.0 Å². The summed E-state index contributed by atoms with van der Waals surface area (Å²) in [5.74, 6) is -1.07. The van der Waals surface area contributed by atoms with E-state index in [1.54, 1.807) is 43.3 Å². The number of sulfone groups is 1. The highest BCUT2D eigenvalue weighted by atomic mass is 32.2. The van der Waals surface area contributed by atoms with Crippen molar-refractivity contribution in [3.05, 3.63) is 29.8 Å². The van der Waals surface area contributed by atoms with Gasteiger partial charge in [0, 0.05) is 26.2 Å². The molecule has 29 heavy (non-hydrogen) atoms. The Kier molecular flexibility index (Phi) is 7.72. The summed E-state index contributed by atoms with van der Waals surface area (Å²) >= 11 is 0. The fraction of sp³-hybridized carbons (Fsp3) is 0.579. The van der Waals surface area contributed by atoms with Crippen molar-refractivity contribution in [3.63, 3.8) is 0 Å². The third kappa shape index (κ3) is 6.25. The van der Waals surface area contributed by atoms with Gasteiger partial charge < -0.3 is 9.64 Å². The maximum atomic E-state index is 12.8. The summed E-state index contributed by atoms with van der Waals surface area (Å²) in [7, 11) is 0.271. The zero-order chi connectivity index (χ0) is 21.6. The lowest BCUT2D eigenvalue weighted by Crippen LogP contribution is -2.48. The molecule has 0 aromatic heterocycles. The quantitative estimate of drug-likeness (QED) is 0.360. The fourth-order valence-corrected chi connectivity index (χ4v) is 4.86. The summed E-state index contributed by atoms with van der Waals surface area (Å²) in [6.45, 7) is 3.33. The minimum Gasteiger partial charge on any atom is -0.452 e. The summed E-state index contributed by atoms with van der Waals surface area (Å²) in [5.41, 5.74) is 0.531. The molecule has 0 spiro atoms. The zero-order valence-corrected chi connectivity index (χ0v) is 18.1. The summed E-state index contributed by atoms with van der Waals surface area (Å²) in [4.78, 5) is 26.8. The molecule has 1 aliphatic rings. The summed E-state index contributed by atoms with van der Waals surface area (Å²) < 4.78 is 28.9. The molecule has 2 atom stereocenters. The van der Waals surface area contributed by atoms with E-state index >= 15 is 0 Å². The van der Waals surface area contributed by atoms with Crippen LogP contribution in [-0.4, -0.2) is 74.5 Å². The molecular weight excluding hydrogens is 396 g/mol. The van der Waals surface area contributed by atoms with Crippen LogP contribution in [-0.2, 0) is 19.4 Å². The Balaban J connectivity index is 2.09. The number of carbonyl (C=O) groups excluding carboxylic acids is 2. The number of amides is 1. The van der Waals surface area contributed by atoms with Gasteiger partial charge in [-0.2, -0.15) is 0 Å². The molecule has 0 unspecified atom stereocenters. The SMILES string of the molecule is CC[C@@H](C)N(C(=O)COC(=O)c1ccccc1N=NN(C)C)[C@@H]1CCS(=O)(=O)C1. The highest BCUT2D eigenvalue weighted by molar-refractivity contribution is 7.91. The van der Waals surface area contributed by atoms with Gasteiger partial charge in [0.25, 0.3) is 5.91 Å².